The molecule has 7 heteroatoms. The van der Waals surface area contributed by atoms with E-state index in [4.69, 9.17) is 11.6 Å². The van der Waals surface area contributed by atoms with Gasteiger partial charge in [-0.25, -0.2) is 0 Å². The smallest absolute Gasteiger partial charge is 0.247 e. The highest BCUT2D eigenvalue weighted by atomic mass is 35.5. The monoisotopic (exact) mass is 386 g/mol. The largest absolute Gasteiger partial charge is 0.353 e. The second-order valence-corrected chi connectivity index (χ2v) is 7.07. The van der Waals surface area contributed by atoms with Crippen molar-refractivity contribution in [2.45, 2.75) is 33.4 Å². The number of rotatable bonds is 4. The molecule has 1 aliphatic rings. The van der Waals surface area contributed by atoms with Gasteiger partial charge in [0, 0.05) is 35.4 Å². The molecular formula is C20H23ClN4O2. The number of aryl methyl sites for hydroxylation is 1. The number of hydrogen-bond donors (Lipinski definition) is 1. The fraction of sp³-hybridized carbons (Fsp3) is 0.350. The third-order valence-corrected chi connectivity index (χ3v) is 5.26. The Morgan fingerprint density at radius 3 is 2.85 bits per heavy atom. The van der Waals surface area contributed by atoms with E-state index in [1.54, 1.807) is 17.9 Å². The molecule has 1 atom stereocenters. The second-order valence-electron chi connectivity index (χ2n) is 6.67. The fourth-order valence-corrected chi connectivity index (χ4v) is 3.42. The zero-order chi connectivity index (χ0) is 19.6. The van der Waals surface area contributed by atoms with Crippen LogP contribution in [0.1, 0.15) is 29.4 Å². The Bertz CT molecular complexity index is 903. The lowest BCUT2D eigenvalue weighted by Gasteiger charge is -2.31. The first-order valence-corrected chi connectivity index (χ1v) is 9.30. The van der Waals surface area contributed by atoms with Gasteiger partial charge in [-0.2, -0.15) is 5.10 Å². The number of carbonyl (C=O) groups is 2. The number of halogens is 1. The molecule has 1 aliphatic heterocycles. The molecule has 0 aliphatic carbocycles. The molecule has 1 aromatic heterocycles. The zero-order valence-electron chi connectivity index (χ0n) is 15.7. The summed E-state index contributed by atoms with van der Waals surface area (Å²) in [4.78, 5) is 25.8. The Kier molecular flexibility index (Phi) is 5.65. The van der Waals surface area contributed by atoms with Crippen molar-refractivity contribution in [3.8, 4) is 0 Å². The molecule has 1 unspecified atom stereocenters. The topological polar surface area (TPSA) is 67.2 Å². The van der Waals surface area contributed by atoms with Crippen molar-refractivity contribution < 1.29 is 9.59 Å². The first-order valence-electron chi connectivity index (χ1n) is 8.92. The molecule has 0 saturated carbocycles. The van der Waals surface area contributed by atoms with E-state index in [0.29, 0.717) is 24.7 Å². The van der Waals surface area contributed by atoms with Gasteiger partial charge in [0.1, 0.15) is 6.04 Å². The predicted molar refractivity (Wildman–Crippen MR) is 105 cm³/mol. The third kappa shape index (κ3) is 4.06. The standard InChI is InChI=1S/C20H23ClN4O2/c1-13-17(8-9-19(26)24-11-10-22-20(27)15(24)3)14(2)25(23-13)12-16-6-4-5-7-18(16)21/h4-9,15H,10-12H2,1-3H3,(H,22,27)/b9-8+. The SMILES string of the molecule is Cc1nn(Cc2ccccc2Cl)c(C)c1/C=C/C(=O)N1CCNC(=O)C1C. The van der Waals surface area contributed by atoms with Crippen LogP contribution in [0.25, 0.3) is 6.08 Å². The average Bonchev–Trinajstić information content (AvgIpc) is 2.90. The van der Waals surface area contributed by atoms with Crippen molar-refractivity contribution >= 4 is 29.5 Å². The number of aromatic nitrogens is 2. The van der Waals surface area contributed by atoms with E-state index in [0.717, 1.165) is 22.5 Å². The number of amides is 2. The van der Waals surface area contributed by atoms with Crippen molar-refractivity contribution in [1.29, 1.82) is 0 Å². The van der Waals surface area contributed by atoms with Crippen LogP contribution in [0.15, 0.2) is 30.3 Å². The second kappa shape index (κ2) is 7.96. The Morgan fingerprint density at radius 1 is 1.37 bits per heavy atom. The van der Waals surface area contributed by atoms with E-state index < -0.39 is 6.04 Å². The summed E-state index contributed by atoms with van der Waals surface area (Å²) in [7, 11) is 0. The molecule has 1 saturated heterocycles. The van der Waals surface area contributed by atoms with E-state index in [2.05, 4.69) is 10.4 Å². The highest BCUT2D eigenvalue weighted by molar-refractivity contribution is 6.31. The van der Waals surface area contributed by atoms with Crippen molar-refractivity contribution in [1.82, 2.24) is 20.0 Å². The maximum atomic E-state index is 12.5. The van der Waals surface area contributed by atoms with Crippen molar-refractivity contribution in [2.24, 2.45) is 0 Å². The summed E-state index contributed by atoms with van der Waals surface area (Å²) in [5.74, 6) is -0.294. The normalized spacial score (nSPS) is 17.4. The predicted octanol–water partition coefficient (Wildman–Crippen LogP) is 2.56. The lowest BCUT2D eigenvalue weighted by atomic mass is 10.1. The van der Waals surface area contributed by atoms with E-state index in [9.17, 15) is 9.59 Å². The number of carbonyl (C=O) groups excluding carboxylic acids is 2. The molecule has 1 fully saturated rings. The van der Waals surface area contributed by atoms with Gasteiger partial charge in [0.05, 0.1) is 12.2 Å². The van der Waals surface area contributed by atoms with Crippen LogP contribution in [-0.4, -0.2) is 45.6 Å². The minimum atomic E-state index is -0.457. The molecule has 3 rings (SSSR count). The van der Waals surface area contributed by atoms with Crippen LogP contribution in [0, 0.1) is 13.8 Å². The van der Waals surface area contributed by atoms with Crippen molar-refractivity contribution in [3.63, 3.8) is 0 Å². The number of benzene rings is 1. The first kappa shape index (κ1) is 19.2. The summed E-state index contributed by atoms with van der Waals surface area (Å²) in [5, 5.41) is 8.04. The third-order valence-electron chi connectivity index (χ3n) is 4.89. The van der Waals surface area contributed by atoms with Crippen LogP contribution in [0.3, 0.4) is 0 Å². The molecule has 2 amide bonds. The fourth-order valence-electron chi connectivity index (χ4n) is 3.23. The molecule has 2 aromatic rings. The zero-order valence-corrected chi connectivity index (χ0v) is 16.5. The van der Waals surface area contributed by atoms with Crippen LogP contribution in [-0.2, 0) is 16.1 Å². The summed E-state index contributed by atoms with van der Waals surface area (Å²) in [5.41, 5.74) is 3.70. The first-order chi connectivity index (χ1) is 12.9. The van der Waals surface area contributed by atoms with E-state index in [-0.39, 0.29) is 11.8 Å². The minimum Gasteiger partial charge on any atom is -0.353 e. The highest BCUT2D eigenvalue weighted by Crippen LogP contribution is 2.20. The molecule has 0 bridgehead atoms. The summed E-state index contributed by atoms with van der Waals surface area (Å²) in [6.07, 6.45) is 3.30. The van der Waals surface area contributed by atoms with Gasteiger partial charge in [0.15, 0.2) is 0 Å². The van der Waals surface area contributed by atoms with Gasteiger partial charge in [-0.05, 0) is 38.5 Å². The quantitative estimate of drug-likeness (QED) is 0.821. The molecule has 2 heterocycles. The minimum absolute atomic E-state index is 0.122. The molecule has 1 aromatic carbocycles. The molecule has 6 nitrogen and oxygen atoms in total. The average molecular weight is 387 g/mol. The number of piperazine rings is 1. The maximum Gasteiger partial charge on any atom is 0.247 e. The maximum absolute atomic E-state index is 12.5. The Balaban J connectivity index is 1.78. The summed E-state index contributed by atoms with van der Waals surface area (Å²) in [6, 6.07) is 7.22. The van der Waals surface area contributed by atoms with Gasteiger partial charge in [-0.3, -0.25) is 14.3 Å². The number of nitrogens with one attached hydrogen (secondary N) is 1. The lowest BCUT2D eigenvalue weighted by Crippen LogP contribution is -2.55. The molecule has 27 heavy (non-hydrogen) atoms. The van der Waals surface area contributed by atoms with Gasteiger partial charge in [0.25, 0.3) is 0 Å². The van der Waals surface area contributed by atoms with Crippen LogP contribution < -0.4 is 5.32 Å². The van der Waals surface area contributed by atoms with E-state index >= 15 is 0 Å². The van der Waals surface area contributed by atoms with Gasteiger partial charge in [0.2, 0.25) is 11.8 Å². The summed E-state index contributed by atoms with van der Waals surface area (Å²) < 4.78 is 1.89. The molecular weight excluding hydrogens is 364 g/mol. The van der Waals surface area contributed by atoms with E-state index in [1.807, 2.05) is 42.8 Å². The van der Waals surface area contributed by atoms with Gasteiger partial charge in [-0.1, -0.05) is 29.8 Å². The van der Waals surface area contributed by atoms with Gasteiger partial charge in [-0.15, -0.1) is 0 Å². The molecule has 0 spiro atoms. The molecule has 142 valence electrons. The molecule has 0 radical (unpaired) electrons. The van der Waals surface area contributed by atoms with Crippen LogP contribution in [0.5, 0.6) is 0 Å². The Labute approximate surface area is 163 Å². The van der Waals surface area contributed by atoms with Crippen LogP contribution in [0.2, 0.25) is 5.02 Å². The lowest BCUT2D eigenvalue weighted by molar-refractivity contribution is -0.139. The highest BCUT2D eigenvalue weighted by Gasteiger charge is 2.27. The number of nitrogens with zero attached hydrogens (tertiary/aromatic N) is 3. The summed E-state index contributed by atoms with van der Waals surface area (Å²) in [6.45, 7) is 7.18. The Morgan fingerprint density at radius 2 is 2.11 bits per heavy atom. The van der Waals surface area contributed by atoms with Crippen LogP contribution in [0.4, 0.5) is 0 Å². The van der Waals surface area contributed by atoms with Gasteiger partial charge >= 0.3 is 0 Å². The summed E-state index contributed by atoms with van der Waals surface area (Å²) >= 11 is 6.25. The number of hydrogen-bond acceptors (Lipinski definition) is 3. The Hall–Kier alpha value is -2.60. The van der Waals surface area contributed by atoms with Crippen molar-refractivity contribution in [2.75, 3.05) is 13.1 Å². The van der Waals surface area contributed by atoms with Crippen LogP contribution >= 0.6 is 11.6 Å². The van der Waals surface area contributed by atoms with E-state index in [1.165, 1.54) is 6.08 Å². The molecule has 1 N–H and O–H groups in total. The van der Waals surface area contributed by atoms with Gasteiger partial charge < -0.3 is 10.2 Å². The van der Waals surface area contributed by atoms with Crippen molar-refractivity contribution in [3.05, 3.63) is 57.9 Å².